The summed E-state index contributed by atoms with van der Waals surface area (Å²) in [6.45, 7) is 3.90. The molecule has 4 N–H and O–H groups in total. The van der Waals surface area contributed by atoms with Crippen LogP contribution in [0.15, 0.2) is 29.4 Å². The Morgan fingerprint density at radius 3 is 2.92 bits per heavy atom. The summed E-state index contributed by atoms with van der Waals surface area (Å²) >= 11 is 0. The molecule has 6 heteroatoms. The number of fused-ring (bicyclic) bond motifs is 1. The van der Waals surface area contributed by atoms with Gasteiger partial charge in [0.1, 0.15) is 5.82 Å². The van der Waals surface area contributed by atoms with E-state index in [4.69, 9.17) is 0 Å². The molecule has 0 spiro atoms. The first-order valence-electron chi connectivity index (χ1n) is 8.60. The van der Waals surface area contributed by atoms with Crippen molar-refractivity contribution in [3.63, 3.8) is 0 Å². The predicted octanol–water partition coefficient (Wildman–Crippen LogP) is 2.32. The smallest absolute Gasteiger partial charge is 0.191 e. The largest absolute Gasteiger partial charge is 0.388 e. The number of halogens is 1. The number of guanidine groups is 1. The number of nitrogens with zero attached hydrogens (tertiary/aromatic N) is 1. The Kier molecular flexibility index (Phi) is 5.04. The fraction of sp³-hybridized carbons (Fsp3) is 0.500. The van der Waals surface area contributed by atoms with Crippen molar-refractivity contribution in [1.29, 1.82) is 0 Å². The maximum absolute atomic E-state index is 13.4. The standard InChI is InChI=1S/C18H25FN4O/c1-2-20-17(23-12-18(24)7-3-8-18)21-9-6-13-11-22-16-5-4-14(19)10-15(13)16/h4-5,10-11,22,24H,2-3,6-9,12H2,1H3,(H2,20,21,23). The zero-order chi connectivity index (χ0) is 17.0. The van der Waals surface area contributed by atoms with Crippen LogP contribution < -0.4 is 10.6 Å². The van der Waals surface area contributed by atoms with Crippen LogP contribution in [-0.2, 0) is 6.42 Å². The first kappa shape index (κ1) is 16.8. The van der Waals surface area contributed by atoms with E-state index in [0.29, 0.717) is 19.0 Å². The Balaban J connectivity index is 1.58. The second kappa shape index (κ2) is 7.21. The van der Waals surface area contributed by atoms with Crippen LogP contribution in [0.2, 0.25) is 0 Å². The zero-order valence-electron chi connectivity index (χ0n) is 14.0. The molecule has 1 aromatic carbocycles. The van der Waals surface area contributed by atoms with Gasteiger partial charge in [0.25, 0.3) is 0 Å². The summed E-state index contributed by atoms with van der Waals surface area (Å²) in [7, 11) is 0. The van der Waals surface area contributed by atoms with Gasteiger partial charge in [0, 0.05) is 30.2 Å². The molecule has 0 bridgehead atoms. The van der Waals surface area contributed by atoms with Crippen molar-refractivity contribution in [3.05, 3.63) is 35.8 Å². The summed E-state index contributed by atoms with van der Waals surface area (Å²) in [6.07, 6.45) is 5.42. The van der Waals surface area contributed by atoms with Crippen LogP contribution in [0.3, 0.4) is 0 Å². The summed E-state index contributed by atoms with van der Waals surface area (Å²) in [4.78, 5) is 7.64. The van der Waals surface area contributed by atoms with E-state index in [0.717, 1.165) is 48.7 Å². The molecule has 0 atom stereocenters. The van der Waals surface area contributed by atoms with Crippen molar-refractivity contribution in [2.45, 2.75) is 38.2 Å². The van der Waals surface area contributed by atoms with Gasteiger partial charge < -0.3 is 20.7 Å². The number of rotatable bonds is 6. The Labute approximate surface area is 141 Å². The van der Waals surface area contributed by atoms with Gasteiger partial charge in [-0.3, -0.25) is 4.99 Å². The maximum Gasteiger partial charge on any atom is 0.191 e. The van der Waals surface area contributed by atoms with Gasteiger partial charge in [-0.1, -0.05) is 0 Å². The zero-order valence-corrected chi connectivity index (χ0v) is 14.0. The first-order chi connectivity index (χ1) is 11.6. The van der Waals surface area contributed by atoms with Crippen molar-refractivity contribution in [2.24, 2.45) is 4.99 Å². The van der Waals surface area contributed by atoms with Crippen LogP contribution in [0.5, 0.6) is 0 Å². The second-order valence-electron chi connectivity index (χ2n) is 6.45. The SMILES string of the molecule is CCNC(=NCC1(O)CCC1)NCCc1c[nH]c2ccc(F)cc12. The third kappa shape index (κ3) is 3.87. The molecule has 1 aliphatic rings. The molecule has 0 radical (unpaired) electrons. The summed E-state index contributed by atoms with van der Waals surface area (Å²) in [5.74, 6) is 0.490. The van der Waals surface area contributed by atoms with Crippen molar-refractivity contribution in [2.75, 3.05) is 19.6 Å². The molecule has 5 nitrogen and oxygen atoms in total. The molecule has 0 aliphatic heterocycles. The number of benzene rings is 1. The molecule has 0 unspecified atom stereocenters. The predicted molar refractivity (Wildman–Crippen MR) is 94.7 cm³/mol. The molecule has 1 saturated carbocycles. The van der Waals surface area contributed by atoms with Gasteiger partial charge in [-0.25, -0.2) is 4.39 Å². The topological polar surface area (TPSA) is 72.4 Å². The van der Waals surface area contributed by atoms with Crippen LogP contribution in [0.1, 0.15) is 31.7 Å². The summed E-state index contributed by atoms with van der Waals surface area (Å²) in [5.41, 5.74) is 1.40. The normalized spacial score (nSPS) is 16.9. The lowest BCUT2D eigenvalue weighted by Crippen LogP contribution is -2.43. The lowest BCUT2D eigenvalue weighted by Gasteiger charge is -2.35. The molecule has 2 aromatic rings. The number of aromatic amines is 1. The number of nitrogens with one attached hydrogen (secondary N) is 3. The van der Waals surface area contributed by atoms with Crippen LogP contribution in [0.4, 0.5) is 4.39 Å². The molecule has 1 aliphatic carbocycles. The highest BCUT2D eigenvalue weighted by molar-refractivity contribution is 5.83. The minimum atomic E-state index is -0.614. The van der Waals surface area contributed by atoms with E-state index in [1.54, 1.807) is 12.1 Å². The lowest BCUT2D eigenvalue weighted by atomic mass is 9.80. The summed E-state index contributed by atoms with van der Waals surface area (Å²) in [5, 5.41) is 17.5. The van der Waals surface area contributed by atoms with Gasteiger partial charge in [-0.2, -0.15) is 0 Å². The minimum Gasteiger partial charge on any atom is -0.388 e. The van der Waals surface area contributed by atoms with E-state index < -0.39 is 5.60 Å². The molecule has 1 heterocycles. The fourth-order valence-corrected chi connectivity index (χ4v) is 2.98. The number of aliphatic imine (C=N–C) groups is 1. The Bertz CT molecular complexity index is 721. The number of H-pyrrole nitrogens is 1. The van der Waals surface area contributed by atoms with Gasteiger partial charge in [-0.05, 0) is 56.4 Å². The number of hydrogen-bond donors (Lipinski definition) is 4. The minimum absolute atomic E-state index is 0.222. The van der Waals surface area contributed by atoms with E-state index in [1.807, 2.05) is 13.1 Å². The average Bonchev–Trinajstić information content (AvgIpc) is 2.93. The van der Waals surface area contributed by atoms with Gasteiger partial charge in [0.05, 0.1) is 12.1 Å². The second-order valence-corrected chi connectivity index (χ2v) is 6.45. The number of hydrogen-bond acceptors (Lipinski definition) is 2. The van der Waals surface area contributed by atoms with E-state index in [2.05, 4.69) is 20.6 Å². The van der Waals surface area contributed by atoms with Crippen molar-refractivity contribution >= 4 is 16.9 Å². The highest BCUT2D eigenvalue weighted by Crippen LogP contribution is 2.31. The quantitative estimate of drug-likeness (QED) is 0.485. The van der Waals surface area contributed by atoms with Crippen LogP contribution in [-0.4, -0.2) is 41.3 Å². The van der Waals surface area contributed by atoms with Gasteiger partial charge in [-0.15, -0.1) is 0 Å². The van der Waals surface area contributed by atoms with E-state index >= 15 is 0 Å². The molecular weight excluding hydrogens is 307 g/mol. The fourth-order valence-electron chi connectivity index (χ4n) is 2.98. The number of aliphatic hydroxyl groups is 1. The molecule has 1 aromatic heterocycles. The van der Waals surface area contributed by atoms with Crippen molar-refractivity contribution in [1.82, 2.24) is 15.6 Å². The summed E-state index contributed by atoms with van der Waals surface area (Å²) < 4.78 is 13.4. The lowest BCUT2D eigenvalue weighted by molar-refractivity contribution is -0.0236. The van der Waals surface area contributed by atoms with E-state index in [9.17, 15) is 9.50 Å². The molecule has 3 rings (SSSR count). The van der Waals surface area contributed by atoms with Crippen LogP contribution in [0.25, 0.3) is 10.9 Å². The van der Waals surface area contributed by atoms with E-state index in [-0.39, 0.29) is 5.82 Å². The monoisotopic (exact) mass is 332 g/mol. The van der Waals surface area contributed by atoms with Crippen LogP contribution in [0, 0.1) is 5.82 Å². The molecule has 130 valence electrons. The highest BCUT2D eigenvalue weighted by Gasteiger charge is 2.34. The maximum atomic E-state index is 13.4. The van der Waals surface area contributed by atoms with Crippen molar-refractivity contribution in [3.8, 4) is 0 Å². The summed E-state index contributed by atoms with van der Waals surface area (Å²) in [6, 6.07) is 4.78. The van der Waals surface area contributed by atoms with Crippen LogP contribution >= 0.6 is 0 Å². The molecule has 24 heavy (non-hydrogen) atoms. The molecular formula is C18H25FN4O. The molecule has 0 amide bonds. The third-order valence-electron chi connectivity index (χ3n) is 4.58. The van der Waals surface area contributed by atoms with Crippen molar-refractivity contribution < 1.29 is 9.50 Å². The van der Waals surface area contributed by atoms with Gasteiger partial charge >= 0.3 is 0 Å². The van der Waals surface area contributed by atoms with Gasteiger partial charge in [0.2, 0.25) is 0 Å². The molecule has 0 saturated heterocycles. The highest BCUT2D eigenvalue weighted by atomic mass is 19.1. The Morgan fingerprint density at radius 1 is 1.38 bits per heavy atom. The van der Waals surface area contributed by atoms with Gasteiger partial charge in [0.15, 0.2) is 5.96 Å². The van der Waals surface area contributed by atoms with E-state index in [1.165, 1.54) is 6.07 Å². The number of aromatic nitrogens is 1. The average molecular weight is 332 g/mol. The molecule has 1 fully saturated rings. The third-order valence-corrected chi connectivity index (χ3v) is 4.58. The Morgan fingerprint density at radius 2 is 2.21 bits per heavy atom. The Hall–Kier alpha value is -2.08. The first-order valence-corrected chi connectivity index (χ1v) is 8.60.